The zero-order chi connectivity index (χ0) is 12.5. The second kappa shape index (κ2) is 5.22. The summed E-state index contributed by atoms with van der Waals surface area (Å²) in [4.78, 5) is 3.74. The predicted molar refractivity (Wildman–Crippen MR) is 68.8 cm³/mol. The van der Waals surface area contributed by atoms with Crippen LogP contribution >= 0.6 is 22.9 Å². The normalized spacial score (nSPS) is 25.3. The highest BCUT2D eigenvalue weighted by molar-refractivity contribution is 7.91. The maximum atomic E-state index is 11.9. The van der Waals surface area contributed by atoms with Crippen molar-refractivity contribution >= 4 is 33.0 Å². The number of nitrogens with zero attached hydrogens (tertiary/aromatic N) is 1. The van der Waals surface area contributed by atoms with E-state index in [4.69, 9.17) is 11.6 Å². The van der Waals surface area contributed by atoms with Crippen LogP contribution in [0.25, 0.3) is 0 Å². The number of hydrogen-bond donors (Lipinski definition) is 1. The Morgan fingerprint density at radius 3 is 2.88 bits per heavy atom. The molecule has 1 aliphatic rings. The fourth-order valence-corrected chi connectivity index (χ4v) is 4.63. The van der Waals surface area contributed by atoms with Crippen molar-refractivity contribution in [1.82, 2.24) is 9.71 Å². The molecule has 1 aromatic rings. The smallest absolute Gasteiger partial charge is 0.232 e. The van der Waals surface area contributed by atoms with Gasteiger partial charge in [0, 0.05) is 6.54 Å². The van der Waals surface area contributed by atoms with Crippen molar-refractivity contribution in [1.29, 1.82) is 0 Å². The van der Waals surface area contributed by atoms with E-state index < -0.39 is 10.0 Å². The zero-order valence-electron chi connectivity index (χ0n) is 9.52. The van der Waals surface area contributed by atoms with Gasteiger partial charge in [-0.15, -0.1) is 0 Å². The lowest BCUT2D eigenvalue weighted by molar-refractivity contribution is 0.499. The topological polar surface area (TPSA) is 59.1 Å². The largest absolute Gasteiger partial charge is 0.251 e. The summed E-state index contributed by atoms with van der Waals surface area (Å²) in [5, 5.41) is 0. The highest BCUT2D eigenvalue weighted by Crippen LogP contribution is 2.30. The number of nitrogens with one attached hydrogen (secondary N) is 1. The van der Waals surface area contributed by atoms with Crippen molar-refractivity contribution < 1.29 is 8.42 Å². The third kappa shape index (κ3) is 3.40. The van der Waals surface area contributed by atoms with Crippen LogP contribution in [-0.2, 0) is 10.0 Å². The molecular weight excluding hydrogens is 280 g/mol. The Morgan fingerprint density at radius 1 is 1.59 bits per heavy atom. The van der Waals surface area contributed by atoms with Crippen LogP contribution in [0.1, 0.15) is 26.2 Å². The highest BCUT2D eigenvalue weighted by atomic mass is 35.5. The van der Waals surface area contributed by atoms with Crippen molar-refractivity contribution in [2.75, 3.05) is 6.54 Å². The molecule has 0 aliphatic heterocycles. The molecule has 96 valence electrons. The van der Waals surface area contributed by atoms with Gasteiger partial charge in [-0.25, -0.2) is 18.1 Å². The van der Waals surface area contributed by atoms with Crippen LogP contribution in [0.4, 0.5) is 0 Å². The minimum absolute atomic E-state index is 0.188. The molecular formula is C10H15ClN2O2S2. The van der Waals surface area contributed by atoms with Gasteiger partial charge in [0.25, 0.3) is 10.0 Å². The molecule has 0 aromatic carbocycles. The van der Waals surface area contributed by atoms with Gasteiger partial charge in [0.15, 0.2) is 8.68 Å². The molecule has 7 heteroatoms. The van der Waals surface area contributed by atoms with Crippen molar-refractivity contribution in [3.05, 3.63) is 10.7 Å². The van der Waals surface area contributed by atoms with E-state index in [9.17, 15) is 8.42 Å². The summed E-state index contributed by atoms with van der Waals surface area (Å²) in [6.07, 6.45) is 4.70. The molecule has 2 atom stereocenters. The summed E-state index contributed by atoms with van der Waals surface area (Å²) in [5.41, 5.74) is 0. The van der Waals surface area contributed by atoms with Gasteiger partial charge in [0.1, 0.15) is 0 Å². The van der Waals surface area contributed by atoms with E-state index in [1.165, 1.54) is 12.6 Å². The second-order valence-corrected chi connectivity index (χ2v) is 8.17. The zero-order valence-corrected chi connectivity index (χ0v) is 11.9. The lowest BCUT2D eigenvalue weighted by atomic mass is 10.1. The summed E-state index contributed by atoms with van der Waals surface area (Å²) >= 11 is 6.61. The van der Waals surface area contributed by atoms with Crippen LogP contribution in [0.2, 0.25) is 4.47 Å². The quantitative estimate of drug-likeness (QED) is 0.928. The third-order valence-electron chi connectivity index (χ3n) is 3.09. The Kier molecular flexibility index (Phi) is 4.07. The van der Waals surface area contributed by atoms with Gasteiger partial charge in [0.2, 0.25) is 0 Å². The maximum Gasteiger partial charge on any atom is 0.251 e. The minimum Gasteiger partial charge on any atom is -0.232 e. The van der Waals surface area contributed by atoms with Gasteiger partial charge in [-0.05, 0) is 24.7 Å². The first-order chi connectivity index (χ1) is 7.97. The van der Waals surface area contributed by atoms with Crippen LogP contribution in [0.3, 0.4) is 0 Å². The molecule has 2 unspecified atom stereocenters. The van der Waals surface area contributed by atoms with Crippen LogP contribution in [0, 0.1) is 11.8 Å². The van der Waals surface area contributed by atoms with Crippen LogP contribution < -0.4 is 4.72 Å². The Hall–Kier alpha value is -0.170. The second-order valence-electron chi connectivity index (χ2n) is 4.57. The molecule has 0 bridgehead atoms. The first kappa shape index (κ1) is 13.3. The molecule has 0 saturated heterocycles. The molecule has 1 aromatic heterocycles. The molecule has 4 nitrogen and oxygen atoms in total. The highest BCUT2D eigenvalue weighted by Gasteiger charge is 2.24. The monoisotopic (exact) mass is 294 g/mol. The predicted octanol–water partition coefficient (Wildman–Crippen LogP) is 2.51. The van der Waals surface area contributed by atoms with Gasteiger partial charge in [-0.1, -0.05) is 36.3 Å². The molecule has 1 aliphatic carbocycles. The van der Waals surface area contributed by atoms with E-state index in [1.807, 2.05) is 0 Å². The van der Waals surface area contributed by atoms with Crippen molar-refractivity contribution in [3.63, 3.8) is 0 Å². The summed E-state index contributed by atoms with van der Waals surface area (Å²) in [5.74, 6) is 1.17. The molecule has 0 spiro atoms. The van der Waals surface area contributed by atoms with Crippen molar-refractivity contribution in [2.24, 2.45) is 11.8 Å². The van der Waals surface area contributed by atoms with E-state index in [1.54, 1.807) is 0 Å². The summed E-state index contributed by atoms with van der Waals surface area (Å²) in [7, 11) is -3.42. The number of aromatic nitrogens is 1. The van der Waals surface area contributed by atoms with Crippen LogP contribution in [0.5, 0.6) is 0 Å². The Morgan fingerprint density at radius 2 is 2.35 bits per heavy atom. The van der Waals surface area contributed by atoms with Crippen molar-refractivity contribution in [3.8, 4) is 0 Å². The molecule has 1 heterocycles. The number of hydrogen-bond acceptors (Lipinski definition) is 4. The molecule has 1 N–H and O–H groups in total. The van der Waals surface area contributed by atoms with Gasteiger partial charge in [-0.3, -0.25) is 0 Å². The molecule has 1 fully saturated rings. The van der Waals surface area contributed by atoms with E-state index in [-0.39, 0.29) is 8.68 Å². The number of rotatable bonds is 4. The SMILES string of the molecule is CC1CCC(CNS(=O)(=O)c2cnc(Cl)s2)C1. The average molecular weight is 295 g/mol. The lowest BCUT2D eigenvalue weighted by Crippen LogP contribution is -2.28. The first-order valence-electron chi connectivity index (χ1n) is 5.58. The lowest BCUT2D eigenvalue weighted by Gasteiger charge is -2.10. The van der Waals surface area contributed by atoms with Gasteiger partial charge in [-0.2, -0.15) is 0 Å². The minimum atomic E-state index is -3.42. The first-order valence-corrected chi connectivity index (χ1v) is 8.26. The fraction of sp³-hybridized carbons (Fsp3) is 0.700. The van der Waals surface area contributed by atoms with Crippen LogP contribution in [0.15, 0.2) is 10.4 Å². The van der Waals surface area contributed by atoms with E-state index in [2.05, 4.69) is 16.6 Å². The van der Waals surface area contributed by atoms with E-state index in [0.717, 1.165) is 24.2 Å². The van der Waals surface area contributed by atoms with Gasteiger partial charge >= 0.3 is 0 Å². The molecule has 17 heavy (non-hydrogen) atoms. The number of halogens is 1. The molecule has 2 rings (SSSR count). The van der Waals surface area contributed by atoms with Gasteiger partial charge < -0.3 is 0 Å². The fourth-order valence-electron chi connectivity index (χ4n) is 2.17. The molecule has 1 saturated carbocycles. The Balaban J connectivity index is 1.94. The number of sulfonamides is 1. The Bertz CT molecular complexity index is 486. The third-order valence-corrected chi connectivity index (χ3v) is 6.09. The molecule has 0 radical (unpaired) electrons. The average Bonchev–Trinajstić information content (AvgIpc) is 2.85. The summed E-state index contributed by atoms with van der Waals surface area (Å²) in [6.45, 7) is 2.72. The Labute approximate surface area is 110 Å². The summed E-state index contributed by atoms with van der Waals surface area (Å²) in [6, 6.07) is 0. The maximum absolute atomic E-state index is 11.9. The standard InChI is InChI=1S/C10H15ClN2O2S2/c1-7-2-3-8(4-7)5-13-17(14,15)9-6-12-10(11)16-9/h6-8,13H,2-5H2,1H3. The summed E-state index contributed by atoms with van der Waals surface area (Å²) < 4.78 is 26.8. The number of thiazole rings is 1. The van der Waals surface area contributed by atoms with E-state index >= 15 is 0 Å². The van der Waals surface area contributed by atoms with E-state index in [0.29, 0.717) is 18.4 Å². The molecule has 0 amide bonds. The van der Waals surface area contributed by atoms with Crippen LogP contribution in [-0.4, -0.2) is 19.9 Å². The van der Waals surface area contributed by atoms with Gasteiger partial charge in [0.05, 0.1) is 6.20 Å². The van der Waals surface area contributed by atoms with Crippen molar-refractivity contribution in [2.45, 2.75) is 30.4 Å².